The Morgan fingerprint density at radius 1 is 1.09 bits per heavy atom. The van der Waals surface area contributed by atoms with Gasteiger partial charge in [0.25, 0.3) is 5.91 Å². The van der Waals surface area contributed by atoms with E-state index in [1.165, 1.54) is 11.8 Å². The third-order valence-corrected chi connectivity index (χ3v) is 3.53. The van der Waals surface area contributed by atoms with Crippen molar-refractivity contribution >= 4 is 17.5 Å². The van der Waals surface area contributed by atoms with E-state index in [0.717, 1.165) is 11.3 Å². The predicted octanol–water partition coefficient (Wildman–Crippen LogP) is 2.96. The molecule has 22 heavy (non-hydrogen) atoms. The van der Waals surface area contributed by atoms with Crippen LogP contribution in [0.2, 0.25) is 0 Å². The van der Waals surface area contributed by atoms with Gasteiger partial charge in [-0.25, -0.2) is 0 Å². The molecule has 0 atom stereocenters. The number of hydrogen-bond acceptors (Lipinski definition) is 3. The largest absolute Gasteiger partial charge is 0.469 e. The standard InChI is InChI=1S/C17H20N2O3/c1-11-4-5-14(10-12(11)2)19-16(20)6-8-18-17(21)15-7-9-22-13(15)3/h4-5,7,9-10H,6,8H2,1-3H3,(H,18,21)(H,19,20). The van der Waals surface area contributed by atoms with Gasteiger partial charge in [0.15, 0.2) is 0 Å². The smallest absolute Gasteiger partial charge is 0.254 e. The first-order valence-corrected chi connectivity index (χ1v) is 7.17. The van der Waals surface area contributed by atoms with Gasteiger partial charge in [-0.15, -0.1) is 0 Å². The fourth-order valence-electron chi connectivity index (χ4n) is 2.05. The van der Waals surface area contributed by atoms with E-state index in [-0.39, 0.29) is 24.8 Å². The van der Waals surface area contributed by atoms with E-state index in [4.69, 9.17) is 4.42 Å². The number of carbonyl (C=O) groups is 2. The van der Waals surface area contributed by atoms with Crippen molar-refractivity contribution in [3.63, 3.8) is 0 Å². The van der Waals surface area contributed by atoms with Crippen molar-refractivity contribution in [1.82, 2.24) is 5.32 Å². The average molecular weight is 300 g/mol. The zero-order valence-electron chi connectivity index (χ0n) is 13.0. The van der Waals surface area contributed by atoms with Crippen LogP contribution in [0.1, 0.15) is 33.7 Å². The Balaban J connectivity index is 1.79. The quantitative estimate of drug-likeness (QED) is 0.891. The van der Waals surface area contributed by atoms with Crippen molar-refractivity contribution in [3.8, 4) is 0 Å². The molecule has 0 radical (unpaired) electrons. The number of hydrogen-bond donors (Lipinski definition) is 2. The third kappa shape index (κ3) is 3.97. The van der Waals surface area contributed by atoms with Crippen LogP contribution in [0.4, 0.5) is 5.69 Å². The van der Waals surface area contributed by atoms with Gasteiger partial charge in [0, 0.05) is 18.7 Å². The zero-order chi connectivity index (χ0) is 16.1. The fourth-order valence-corrected chi connectivity index (χ4v) is 2.05. The summed E-state index contributed by atoms with van der Waals surface area (Å²) in [5, 5.41) is 5.52. The molecule has 0 spiro atoms. The number of furan rings is 1. The normalized spacial score (nSPS) is 10.3. The second-order valence-corrected chi connectivity index (χ2v) is 5.24. The van der Waals surface area contributed by atoms with E-state index in [9.17, 15) is 9.59 Å². The summed E-state index contributed by atoms with van der Waals surface area (Å²) in [6.45, 7) is 6.02. The van der Waals surface area contributed by atoms with Crippen molar-refractivity contribution in [1.29, 1.82) is 0 Å². The SMILES string of the molecule is Cc1ccc(NC(=O)CCNC(=O)c2ccoc2C)cc1C. The Bertz CT molecular complexity index is 689. The van der Waals surface area contributed by atoms with E-state index < -0.39 is 0 Å². The summed E-state index contributed by atoms with van der Waals surface area (Å²) >= 11 is 0. The molecule has 2 amide bonds. The molecule has 2 N–H and O–H groups in total. The first-order valence-electron chi connectivity index (χ1n) is 7.17. The number of anilines is 1. The highest BCUT2D eigenvalue weighted by Crippen LogP contribution is 2.14. The Morgan fingerprint density at radius 2 is 1.86 bits per heavy atom. The lowest BCUT2D eigenvalue weighted by Gasteiger charge is -2.08. The number of aryl methyl sites for hydroxylation is 3. The monoisotopic (exact) mass is 300 g/mol. The molecule has 2 aromatic rings. The molecule has 0 fully saturated rings. The van der Waals surface area contributed by atoms with Crippen LogP contribution >= 0.6 is 0 Å². The van der Waals surface area contributed by atoms with Crippen LogP contribution in [-0.2, 0) is 4.79 Å². The van der Waals surface area contributed by atoms with Gasteiger partial charge in [-0.2, -0.15) is 0 Å². The van der Waals surface area contributed by atoms with Crippen LogP contribution in [0.25, 0.3) is 0 Å². The van der Waals surface area contributed by atoms with E-state index in [2.05, 4.69) is 10.6 Å². The molecule has 116 valence electrons. The van der Waals surface area contributed by atoms with Gasteiger partial charge in [0.1, 0.15) is 5.76 Å². The minimum atomic E-state index is -0.231. The molecule has 2 rings (SSSR count). The Labute approximate surface area is 129 Å². The maximum absolute atomic E-state index is 11.9. The molecule has 5 nitrogen and oxygen atoms in total. The molecule has 1 aromatic heterocycles. The van der Waals surface area contributed by atoms with Gasteiger partial charge in [0.05, 0.1) is 11.8 Å². The molecule has 5 heteroatoms. The molecule has 1 heterocycles. The molecule has 0 bridgehead atoms. The van der Waals surface area contributed by atoms with Crippen molar-refractivity contribution in [3.05, 3.63) is 53.0 Å². The number of amides is 2. The summed E-state index contributed by atoms with van der Waals surface area (Å²) < 4.78 is 5.07. The molecule has 0 aliphatic rings. The lowest BCUT2D eigenvalue weighted by molar-refractivity contribution is -0.116. The summed E-state index contributed by atoms with van der Waals surface area (Å²) in [6, 6.07) is 7.38. The highest BCUT2D eigenvalue weighted by molar-refractivity contribution is 5.96. The summed E-state index contributed by atoms with van der Waals surface area (Å²) in [7, 11) is 0. The van der Waals surface area contributed by atoms with Crippen LogP contribution in [-0.4, -0.2) is 18.4 Å². The molecule has 0 saturated heterocycles. The lowest BCUT2D eigenvalue weighted by Crippen LogP contribution is -2.27. The van der Waals surface area contributed by atoms with E-state index >= 15 is 0 Å². The highest BCUT2D eigenvalue weighted by Gasteiger charge is 2.11. The Morgan fingerprint density at radius 3 is 2.50 bits per heavy atom. The van der Waals surface area contributed by atoms with Gasteiger partial charge in [0.2, 0.25) is 5.91 Å². The Kier molecular flexibility index (Phi) is 4.99. The fraction of sp³-hybridized carbons (Fsp3) is 0.294. The number of carbonyl (C=O) groups excluding carboxylic acids is 2. The molecule has 0 aliphatic heterocycles. The van der Waals surface area contributed by atoms with E-state index in [1.807, 2.05) is 32.0 Å². The van der Waals surface area contributed by atoms with Crippen LogP contribution in [0.5, 0.6) is 0 Å². The number of benzene rings is 1. The summed E-state index contributed by atoms with van der Waals surface area (Å²) in [5.41, 5.74) is 3.57. The van der Waals surface area contributed by atoms with Crippen LogP contribution < -0.4 is 10.6 Å². The summed E-state index contributed by atoms with van der Waals surface area (Å²) in [4.78, 5) is 23.7. The second kappa shape index (κ2) is 6.93. The maximum atomic E-state index is 11.9. The summed E-state index contributed by atoms with van der Waals surface area (Å²) in [6.07, 6.45) is 1.69. The molecule has 0 saturated carbocycles. The van der Waals surface area contributed by atoms with Crippen molar-refractivity contribution < 1.29 is 14.0 Å². The molecular formula is C17H20N2O3. The third-order valence-electron chi connectivity index (χ3n) is 3.53. The van der Waals surface area contributed by atoms with Crippen LogP contribution in [0, 0.1) is 20.8 Å². The maximum Gasteiger partial charge on any atom is 0.254 e. The Hall–Kier alpha value is -2.56. The van der Waals surface area contributed by atoms with Gasteiger partial charge < -0.3 is 15.1 Å². The van der Waals surface area contributed by atoms with E-state index in [1.54, 1.807) is 13.0 Å². The van der Waals surface area contributed by atoms with Crippen molar-refractivity contribution in [2.75, 3.05) is 11.9 Å². The van der Waals surface area contributed by atoms with Gasteiger partial charge in [-0.3, -0.25) is 9.59 Å². The molecule has 0 unspecified atom stereocenters. The summed E-state index contributed by atoms with van der Waals surface area (Å²) in [5.74, 6) is 0.204. The van der Waals surface area contributed by atoms with Crippen molar-refractivity contribution in [2.24, 2.45) is 0 Å². The first kappa shape index (κ1) is 15.8. The van der Waals surface area contributed by atoms with Gasteiger partial charge >= 0.3 is 0 Å². The van der Waals surface area contributed by atoms with Gasteiger partial charge in [-0.1, -0.05) is 6.07 Å². The topological polar surface area (TPSA) is 71.3 Å². The highest BCUT2D eigenvalue weighted by atomic mass is 16.3. The minimum absolute atomic E-state index is 0.132. The first-order chi connectivity index (χ1) is 10.5. The second-order valence-electron chi connectivity index (χ2n) is 5.24. The number of rotatable bonds is 5. The van der Waals surface area contributed by atoms with Crippen molar-refractivity contribution in [2.45, 2.75) is 27.2 Å². The average Bonchev–Trinajstić information content (AvgIpc) is 2.89. The van der Waals surface area contributed by atoms with E-state index in [0.29, 0.717) is 11.3 Å². The molecular weight excluding hydrogens is 280 g/mol. The zero-order valence-corrected chi connectivity index (χ0v) is 13.0. The molecule has 0 aliphatic carbocycles. The minimum Gasteiger partial charge on any atom is -0.469 e. The predicted molar refractivity (Wildman–Crippen MR) is 84.9 cm³/mol. The van der Waals surface area contributed by atoms with Crippen LogP contribution in [0.3, 0.4) is 0 Å². The van der Waals surface area contributed by atoms with Crippen LogP contribution in [0.15, 0.2) is 34.9 Å². The molecule has 1 aromatic carbocycles. The lowest BCUT2D eigenvalue weighted by atomic mass is 10.1. The van der Waals surface area contributed by atoms with Gasteiger partial charge in [-0.05, 0) is 50.1 Å². The number of nitrogens with one attached hydrogen (secondary N) is 2.